The molecule has 3 heterocycles. The van der Waals surface area contributed by atoms with Crippen LogP contribution in [0.25, 0.3) is 0 Å². The maximum atomic E-state index is 12.6. The summed E-state index contributed by atoms with van der Waals surface area (Å²) in [7, 11) is 0. The Labute approximate surface area is 112 Å². The van der Waals surface area contributed by atoms with Crippen LogP contribution in [0.4, 0.5) is 13.2 Å². The molecule has 110 valence electrons. The number of fused-ring (bicyclic) bond motifs is 2. The molecule has 2 aliphatic rings. The Morgan fingerprint density at radius 1 is 1.40 bits per heavy atom. The minimum atomic E-state index is -4.77. The minimum absolute atomic E-state index is 0.0959. The zero-order valence-corrected chi connectivity index (χ0v) is 10.6. The fraction of sp³-hybridized carbons (Fsp3) is 0.818. The van der Waals surface area contributed by atoms with E-state index in [2.05, 4.69) is 20.6 Å². The van der Waals surface area contributed by atoms with Gasteiger partial charge in [0.2, 0.25) is 0 Å². The summed E-state index contributed by atoms with van der Waals surface area (Å²) in [6.45, 7) is 0. The van der Waals surface area contributed by atoms with E-state index in [0.717, 1.165) is 4.90 Å². The lowest BCUT2D eigenvalue weighted by Crippen LogP contribution is -2.44. The number of rotatable bonds is 3. The lowest BCUT2D eigenvalue weighted by Gasteiger charge is -2.25. The highest BCUT2D eigenvalue weighted by Crippen LogP contribution is 2.45. The number of carbonyl (C=O) groups is 1. The van der Waals surface area contributed by atoms with E-state index in [1.807, 2.05) is 0 Å². The molecule has 1 amide bonds. The summed E-state index contributed by atoms with van der Waals surface area (Å²) in [4.78, 5) is 12.5. The van der Waals surface area contributed by atoms with Crippen molar-refractivity contribution >= 4 is 5.91 Å². The summed E-state index contributed by atoms with van der Waals surface area (Å²) in [6.07, 6.45) is -1.55. The van der Waals surface area contributed by atoms with Crippen LogP contribution >= 0.6 is 0 Å². The molecule has 0 saturated carbocycles. The summed E-state index contributed by atoms with van der Waals surface area (Å²) in [5, 5.41) is 13.4. The largest absolute Gasteiger partial charge is 0.471 e. The molecule has 0 spiro atoms. The van der Waals surface area contributed by atoms with Crippen molar-refractivity contribution in [3.8, 4) is 0 Å². The number of aromatic nitrogens is 4. The molecule has 1 aromatic rings. The van der Waals surface area contributed by atoms with Crippen LogP contribution in [0.2, 0.25) is 0 Å². The molecule has 9 heteroatoms. The highest BCUT2D eigenvalue weighted by molar-refractivity contribution is 5.83. The van der Waals surface area contributed by atoms with E-state index in [9.17, 15) is 18.0 Å². The normalized spacial score (nSPS) is 29.1. The molecule has 3 atom stereocenters. The van der Waals surface area contributed by atoms with E-state index >= 15 is 0 Å². The molecule has 2 fully saturated rings. The number of hydrogen-bond acceptors (Lipinski definition) is 4. The van der Waals surface area contributed by atoms with Crippen molar-refractivity contribution < 1.29 is 18.0 Å². The van der Waals surface area contributed by atoms with Crippen LogP contribution < -0.4 is 0 Å². The van der Waals surface area contributed by atoms with Gasteiger partial charge in [0.15, 0.2) is 5.82 Å². The number of halogens is 3. The van der Waals surface area contributed by atoms with Gasteiger partial charge < -0.3 is 4.90 Å². The van der Waals surface area contributed by atoms with E-state index in [0.29, 0.717) is 37.9 Å². The van der Waals surface area contributed by atoms with Gasteiger partial charge in [-0.15, -0.1) is 10.2 Å². The molecule has 2 saturated heterocycles. The Hall–Kier alpha value is -1.67. The third kappa shape index (κ3) is 2.25. The number of nitrogens with one attached hydrogen (secondary N) is 1. The predicted octanol–water partition coefficient (Wildman–Crippen LogP) is 1.07. The van der Waals surface area contributed by atoms with Crippen LogP contribution in [0.5, 0.6) is 0 Å². The summed E-state index contributed by atoms with van der Waals surface area (Å²) in [5.41, 5.74) is 0. The van der Waals surface area contributed by atoms with Crippen LogP contribution in [0.1, 0.15) is 31.5 Å². The maximum absolute atomic E-state index is 12.6. The van der Waals surface area contributed by atoms with E-state index in [1.165, 1.54) is 0 Å². The van der Waals surface area contributed by atoms with Gasteiger partial charge in [0, 0.05) is 18.5 Å². The second kappa shape index (κ2) is 4.71. The van der Waals surface area contributed by atoms with Gasteiger partial charge in [0.05, 0.1) is 0 Å². The van der Waals surface area contributed by atoms with Gasteiger partial charge in [-0.3, -0.25) is 4.79 Å². The van der Waals surface area contributed by atoms with E-state index in [1.54, 1.807) is 0 Å². The number of H-pyrrole nitrogens is 1. The number of carbonyl (C=O) groups excluding carboxylic acids is 1. The van der Waals surface area contributed by atoms with Crippen molar-refractivity contribution in [2.24, 2.45) is 5.92 Å². The predicted molar refractivity (Wildman–Crippen MR) is 60.3 cm³/mol. The summed E-state index contributed by atoms with van der Waals surface area (Å²) in [6, 6.07) is -0.551. The Balaban J connectivity index is 1.64. The highest BCUT2D eigenvalue weighted by Gasteiger charge is 2.54. The zero-order chi connectivity index (χ0) is 14.3. The van der Waals surface area contributed by atoms with Crippen molar-refractivity contribution in [3.05, 3.63) is 5.82 Å². The quantitative estimate of drug-likeness (QED) is 0.903. The van der Waals surface area contributed by atoms with Crippen molar-refractivity contribution in [1.29, 1.82) is 0 Å². The van der Waals surface area contributed by atoms with Gasteiger partial charge in [-0.2, -0.15) is 18.4 Å². The third-order valence-corrected chi connectivity index (χ3v) is 4.27. The second-order valence-electron chi connectivity index (χ2n) is 5.37. The smallest absolute Gasteiger partial charge is 0.329 e. The molecule has 3 unspecified atom stereocenters. The fourth-order valence-electron chi connectivity index (χ4n) is 3.49. The SMILES string of the molecule is O=C(N1C2CCC1C(CCc1nn[nH]n1)C2)C(F)(F)F. The average molecular weight is 289 g/mol. The number of alkyl halides is 3. The van der Waals surface area contributed by atoms with E-state index in [4.69, 9.17) is 0 Å². The summed E-state index contributed by atoms with van der Waals surface area (Å²) < 4.78 is 37.8. The summed E-state index contributed by atoms with van der Waals surface area (Å²) >= 11 is 0. The molecule has 2 aliphatic heterocycles. The number of aryl methyl sites for hydroxylation is 1. The van der Waals surface area contributed by atoms with Crippen molar-refractivity contribution in [2.75, 3.05) is 0 Å². The van der Waals surface area contributed by atoms with Crippen LogP contribution in [-0.4, -0.2) is 49.7 Å². The van der Waals surface area contributed by atoms with Crippen LogP contribution in [0, 0.1) is 5.92 Å². The van der Waals surface area contributed by atoms with Gasteiger partial charge >= 0.3 is 12.1 Å². The second-order valence-corrected chi connectivity index (χ2v) is 5.37. The molecule has 0 aromatic carbocycles. The number of nitrogens with zero attached hydrogens (tertiary/aromatic N) is 4. The van der Waals surface area contributed by atoms with Gasteiger partial charge in [-0.1, -0.05) is 5.21 Å². The number of tetrazole rings is 1. The first-order valence-electron chi connectivity index (χ1n) is 6.58. The van der Waals surface area contributed by atoms with Gasteiger partial charge in [0.1, 0.15) is 0 Å². The molecule has 1 aromatic heterocycles. The number of aromatic amines is 1. The molecule has 6 nitrogen and oxygen atoms in total. The van der Waals surface area contributed by atoms with Gasteiger partial charge in [-0.25, -0.2) is 0 Å². The standard InChI is InChI=1S/C11H14F3N5O/c12-11(13,14)10(20)19-7-2-3-8(19)6(5-7)1-4-9-15-17-18-16-9/h6-8H,1-5H2,(H,15,16,17,18). The van der Waals surface area contributed by atoms with Gasteiger partial charge in [0.25, 0.3) is 0 Å². The molecular formula is C11H14F3N5O. The molecule has 3 rings (SSSR count). The molecule has 0 aliphatic carbocycles. The fourth-order valence-corrected chi connectivity index (χ4v) is 3.49. The highest BCUT2D eigenvalue weighted by atomic mass is 19.4. The van der Waals surface area contributed by atoms with Gasteiger partial charge in [-0.05, 0) is 31.6 Å². The monoisotopic (exact) mass is 289 g/mol. The zero-order valence-electron chi connectivity index (χ0n) is 10.6. The van der Waals surface area contributed by atoms with Crippen LogP contribution in [0.15, 0.2) is 0 Å². The molecular weight excluding hydrogens is 275 g/mol. The first kappa shape index (κ1) is 13.3. The third-order valence-electron chi connectivity index (χ3n) is 4.27. The molecule has 0 radical (unpaired) electrons. The molecule has 2 bridgehead atoms. The van der Waals surface area contributed by atoms with Crippen LogP contribution in [-0.2, 0) is 11.2 Å². The lowest BCUT2D eigenvalue weighted by molar-refractivity contribution is -0.187. The topological polar surface area (TPSA) is 74.8 Å². The number of hydrogen-bond donors (Lipinski definition) is 1. The molecule has 1 N–H and O–H groups in total. The maximum Gasteiger partial charge on any atom is 0.471 e. The van der Waals surface area contributed by atoms with Crippen molar-refractivity contribution in [3.63, 3.8) is 0 Å². The number of amides is 1. The summed E-state index contributed by atoms with van der Waals surface area (Å²) in [5.74, 6) is -1.04. The van der Waals surface area contributed by atoms with E-state index in [-0.39, 0.29) is 18.0 Å². The lowest BCUT2D eigenvalue weighted by atomic mass is 9.86. The Kier molecular flexibility index (Phi) is 3.14. The Morgan fingerprint density at radius 2 is 2.20 bits per heavy atom. The van der Waals surface area contributed by atoms with Crippen LogP contribution in [0.3, 0.4) is 0 Å². The minimum Gasteiger partial charge on any atom is -0.329 e. The first-order chi connectivity index (χ1) is 9.47. The Morgan fingerprint density at radius 3 is 2.85 bits per heavy atom. The molecule has 20 heavy (non-hydrogen) atoms. The average Bonchev–Trinajstić information content (AvgIpc) is 3.10. The first-order valence-corrected chi connectivity index (χ1v) is 6.58. The van der Waals surface area contributed by atoms with Crippen molar-refractivity contribution in [2.45, 2.75) is 50.4 Å². The van der Waals surface area contributed by atoms with E-state index < -0.39 is 12.1 Å². The Bertz CT molecular complexity index is 489. The van der Waals surface area contributed by atoms with Crippen molar-refractivity contribution in [1.82, 2.24) is 25.5 Å².